The molecule has 38 heavy (non-hydrogen) atoms. The number of carbonyl (C=O) groups is 2. The Morgan fingerprint density at radius 2 is 1.76 bits per heavy atom. The third kappa shape index (κ3) is 7.05. The summed E-state index contributed by atoms with van der Waals surface area (Å²) < 4.78 is 11.7. The maximum absolute atomic E-state index is 13.3. The first kappa shape index (κ1) is 27.5. The maximum Gasteiger partial charge on any atom is 0.410 e. The highest BCUT2D eigenvalue weighted by molar-refractivity contribution is 6.30. The topological polar surface area (TPSA) is 96.3 Å². The summed E-state index contributed by atoms with van der Waals surface area (Å²) in [6.07, 6.45) is 0.614. The second-order valence-corrected chi connectivity index (χ2v) is 10.9. The number of aliphatic hydroxyl groups excluding tert-OH is 1. The molecule has 0 heterocycles. The van der Waals surface area contributed by atoms with Gasteiger partial charge in [-0.1, -0.05) is 35.9 Å². The van der Waals surface area contributed by atoms with Crippen LogP contribution in [0.1, 0.15) is 60.3 Å². The monoisotopic (exact) mass is 537 g/mol. The van der Waals surface area contributed by atoms with Crippen LogP contribution in [0.15, 0.2) is 66.7 Å². The van der Waals surface area contributed by atoms with Gasteiger partial charge in [0.05, 0.1) is 18.2 Å². The van der Waals surface area contributed by atoms with Crippen molar-refractivity contribution in [2.24, 2.45) is 0 Å². The van der Waals surface area contributed by atoms with Crippen LogP contribution in [0.2, 0.25) is 5.02 Å². The first-order valence-corrected chi connectivity index (χ1v) is 12.9. The molecule has 0 saturated carbocycles. The zero-order valence-corrected chi connectivity index (χ0v) is 22.4. The number of ether oxygens (including phenoxy) is 2. The van der Waals surface area contributed by atoms with E-state index in [9.17, 15) is 19.8 Å². The maximum atomic E-state index is 13.3. The molecular formula is C30H32ClNO6. The predicted octanol–water partition coefficient (Wildman–Crippen LogP) is 6.66. The van der Waals surface area contributed by atoms with Gasteiger partial charge in [0.1, 0.15) is 17.1 Å². The molecule has 0 saturated heterocycles. The van der Waals surface area contributed by atoms with Crippen LogP contribution < -0.4 is 4.74 Å². The van der Waals surface area contributed by atoms with Crippen molar-refractivity contribution in [3.8, 4) is 11.5 Å². The lowest BCUT2D eigenvalue weighted by Crippen LogP contribution is -2.47. The molecular weight excluding hydrogens is 506 g/mol. The minimum Gasteiger partial charge on any atom is -0.478 e. The van der Waals surface area contributed by atoms with Crippen LogP contribution in [0.5, 0.6) is 11.5 Å². The Hall–Kier alpha value is -3.55. The van der Waals surface area contributed by atoms with Gasteiger partial charge in [-0.3, -0.25) is 0 Å². The van der Waals surface area contributed by atoms with Crippen molar-refractivity contribution in [3.63, 3.8) is 0 Å². The molecule has 4 rings (SSSR count). The number of aromatic carboxylic acids is 1. The van der Waals surface area contributed by atoms with Crippen LogP contribution in [-0.4, -0.2) is 45.4 Å². The van der Waals surface area contributed by atoms with Gasteiger partial charge in [0.25, 0.3) is 0 Å². The van der Waals surface area contributed by atoms with Crippen molar-refractivity contribution >= 4 is 23.7 Å². The van der Waals surface area contributed by atoms with E-state index in [1.165, 1.54) is 12.1 Å². The summed E-state index contributed by atoms with van der Waals surface area (Å²) in [4.78, 5) is 26.2. The molecule has 8 heteroatoms. The summed E-state index contributed by atoms with van der Waals surface area (Å²) in [6, 6.07) is 18.9. The number of carboxylic acids is 1. The van der Waals surface area contributed by atoms with E-state index in [1.807, 2.05) is 39.0 Å². The highest BCUT2D eigenvalue weighted by Gasteiger charge is 2.33. The number of aliphatic hydroxyl groups is 1. The van der Waals surface area contributed by atoms with Gasteiger partial charge in [0.15, 0.2) is 0 Å². The SMILES string of the molecule is CC(C)(C)OC(=O)N(C[C@H](O)c1cccc(Cl)c1)[C@H]1CCc2ccc(Oc3cccc(C(=O)O)c3)cc2C1. The Morgan fingerprint density at radius 1 is 1.03 bits per heavy atom. The number of carboxylic acid groups (broad SMARTS) is 1. The number of fused-ring (bicyclic) bond motifs is 1. The van der Waals surface area contributed by atoms with E-state index in [0.717, 1.165) is 24.0 Å². The standard InChI is InChI=1S/C30H32ClNO6/c1-30(2,3)38-29(36)32(18-27(33)20-6-4-8-23(31)14-20)24-12-10-19-11-13-26(17-22(19)15-24)37-25-9-5-7-21(16-25)28(34)35/h4-9,11,13-14,16-17,24,27,33H,10,12,15,18H2,1-3H3,(H,34,35)/t24-,27-/m0/s1. The van der Waals surface area contributed by atoms with Crippen molar-refractivity contribution in [1.82, 2.24) is 4.90 Å². The van der Waals surface area contributed by atoms with Crippen LogP contribution in [0, 0.1) is 0 Å². The highest BCUT2D eigenvalue weighted by Crippen LogP contribution is 2.32. The van der Waals surface area contributed by atoms with Crippen molar-refractivity contribution in [3.05, 3.63) is 94.0 Å². The second kappa shape index (κ2) is 11.5. The molecule has 0 unspecified atom stereocenters. The van der Waals surface area contributed by atoms with Gasteiger partial charge in [-0.25, -0.2) is 9.59 Å². The van der Waals surface area contributed by atoms with Gasteiger partial charge in [0.2, 0.25) is 0 Å². The number of rotatable bonds is 7. The second-order valence-electron chi connectivity index (χ2n) is 10.5. The lowest BCUT2D eigenvalue weighted by Gasteiger charge is -2.37. The summed E-state index contributed by atoms with van der Waals surface area (Å²) in [5, 5.41) is 20.8. The molecule has 3 aromatic rings. The Labute approximate surface area is 227 Å². The van der Waals surface area contributed by atoms with Crippen LogP contribution >= 0.6 is 11.6 Å². The van der Waals surface area contributed by atoms with Crippen LogP contribution in [-0.2, 0) is 17.6 Å². The summed E-state index contributed by atoms with van der Waals surface area (Å²) in [5.41, 5.74) is 2.27. The van der Waals surface area contributed by atoms with Gasteiger partial charge < -0.3 is 24.6 Å². The molecule has 3 aromatic carbocycles. The van der Waals surface area contributed by atoms with E-state index in [0.29, 0.717) is 28.5 Å². The highest BCUT2D eigenvalue weighted by atomic mass is 35.5. The molecule has 1 aliphatic rings. The van der Waals surface area contributed by atoms with Gasteiger partial charge in [-0.05, 0) is 99.2 Å². The molecule has 0 aromatic heterocycles. The Bertz CT molecular complexity index is 1320. The third-order valence-electron chi connectivity index (χ3n) is 6.37. The van der Waals surface area contributed by atoms with E-state index >= 15 is 0 Å². The zero-order chi connectivity index (χ0) is 27.4. The number of benzene rings is 3. The quantitative estimate of drug-likeness (QED) is 0.350. The van der Waals surface area contributed by atoms with E-state index in [2.05, 4.69) is 0 Å². The number of aryl methyl sites for hydroxylation is 1. The summed E-state index contributed by atoms with van der Waals surface area (Å²) >= 11 is 6.12. The van der Waals surface area contributed by atoms with Crippen molar-refractivity contribution in [1.29, 1.82) is 0 Å². The van der Waals surface area contributed by atoms with Gasteiger partial charge >= 0.3 is 12.1 Å². The van der Waals surface area contributed by atoms with Crippen molar-refractivity contribution < 1.29 is 29.3 Å². The summed E-state index contributed by atoms with van der Waals surface area (Å²) in [7, 11) is 0. The third-order valence-corrected chi connectivity index (χ3v) is 6.60. The van der Waals surface area contributed by atoms with Crippen LogP contribution in [0.4, 0.5) is 4.79 Å². The molecule has 0 spiro atoms. The smallest absolute Gasteiger partial charge is 0.410 e. The normalized spacial score (nSPS) is 15.8. The largest absolute Gasteiger partial charge is 0.478 e. The van der Waals surface area contributed by atoms with E-state index in [-0.39, 0.29) is 18.2 Å². The lowest BCUT2D eigenvalue weighted by atomic mass is 9.87. The Kier molecular flexibility index (Phi) is 8.29. The van der Waals surface area contributed by atoms with E-state index in [1.54, 1.807) is 41.3 Å². The fourth-order valence-electron chi connectivity index (χ4n) is 4.57. The predicted molar refractivity (Wildman–Crippen MR) is 145 cm³/mol. The number of halogens is 1. The van der Waals surface area contributed by atoms with Crippen molar-refractivity contribution in [2.45, 2.75) is 57.8 Å². The van der Waals surface area contributed by atoms with Crippen LogP contribution in [0.3, 0.4) is 0 Å². The van der Waals surface area contributed by atoms with E-state index < -0.39 is 23.8 Å². The molecule has 2 atom stereocenters. The van der Waals surface area contributed by atoms with E-state index in [4.69, 9.17) is 21.1 Å². The molecule has 1 amide bonds. The van der Waals surface area contributed by atoms with Crippen molar-refractivity contribution in [2.75, 3.05) is 6.54 Å². The molecule has 1 aliphatic carbocycles. The molecule has 0 radical (unpaired) electrons. The van der Waals surface area contributed by atoms with Crippen LogP contribution in [0.25, 0.3) is 0 Å². The zero-order valence-electron chi connectivity index (χ0n) is 21.7. The average Bonchev–Trinajstić information content (AvgIpc) is 2.85. The molecule has 0 aliphatic heterocycles. The average molecular weight is 538 g/mol. The lowest BCUT2D eigenvalue weighted by molar-refractivity contribution is 0.00194. The summed E-state index contributed by atoms with van der Waals surface area (Å²) in [6.45, 7) is 5.51. The molecule has 2 N–H and O–H groups in total. The number of hydrogen-bond acceptors (Lipinski definition) is 5. The molecule has 200 valence electrons. The number of nitrogens with zero attached hydrogens (tertiary/aromatic N) is 1. The van der Waals surface area contributed by atoms with Gasteiger partial charge in [-0.2, -0.15) is 0 Å². The fraction of sp³-hybridized carbons (Fsp3) is 0.333. The number of carbonyl (C=O) groups excluding carboxylic acids is 1. The summed E-state index contributed by atoms with van der Waals surface area (Å²) in [5.74, 6) is -0.0158. The van der Waals surface area contributed by atoms with Gasteiger partial charge in [0, 0.05) is 11.1 Å². The molecule has 7 nitrogen and oxygen atoms in total. The van der Waals surface area contributed by atoms with Gasteiger partial charge in [-0.15, -0.1) is 0 Å². The number of hydrogen-bond donors (Lipinski definition) is 2. The first-order chi connectivity index (χ1) is 18.0. The molecule has 0 fully saturated rings. The minimum absolute atomic E-state index is 0.0629. The Balaban J connectivity index is 1.56. The molecule has 0 bridgehead atoms. The first-order valence-electron chi connectivity index (χ1n) is 12.5. The minimum atomic E-state index is -1.02. The number of amides is 1. The fourth-order valence-corrected chi connectivity index (χ4v) is 4.77. The Morgan fingerprint density at radius 3 is 2.47 bits per heavy atom.